The Morgan fingerprint density at radius 1 is 1.14 bits per heavy atom. The number of alkyl halides is 3. The van der Waals surface area contributed by atoms with Gasteiger partial charge in [0.05, 0.1) is 17.3 Å². The van der Waals surface area contributed by atoms with Crippen LogP contribution >= 0.6 is 27.7 Å². The van der Waals surface area contributed by atoms with Gasteiger partial charge >= 0.3 is 6.18 Å². The molecule has 1 aromatic heterocycles. The molecule has 0 N–H and O–H groups in total. The minimum Gasteiger partial charge on any atom is -0.173 e. The second-order valence-electron chi connectivity index (χ2n) is 2.58. The van der Waals surface area contributed by atoms with E-state index in [2.05, 4.69) is 24.7 Å². The third-order valence-electron chi connectivity index (χ3n) is 1.65. The Hall–Kier alpha value is -0.690. The number of hydrogen-bond acceptors (Lipinski definition) is 3. The molecule has 0 aliphatic rings. The van der Waals surface area contributed by atoms with Crippen molar-refractivity contribution in [2.24, 2.45) is 0 Å². The Morgan fingerprint density at radius 3 is 2.29 bits per heavy atom. The zero-order valence-electron chi connectivity index (χ0n) is 6.47. The monoisotopic (exact) mass is 282 g/mol. The molecule has 0 aliphatic carbocycles. The van der Waals surface area contributed by atoms with Gasteiger partial charge in [0.2, 0.25) is 0 Å². The topological polar surface area (TPSA) is 25.8 Å². The first-order chi connectivity index (χ1) is 6.48. The first-order valence-corrected chi connectivity index (χ1v) is 5.00. The van der Waals surface area contributed by atoms with Crippen molar-refractivity contribution in [1.82, 2.24) is 8.75 Å². The van der Waals surface area contributed by atoms with Gasteiger partial charge in [0.15, 0.2) is 0 Å². The van der Waals surface area contributed by atoms with E-state index >= 15 is 0 Å². The van der Waals surface area contributed by atoms with Crippen LogP contribution in [0, 0.1) is 0 Å². The van der Waals surface area contributed by atoms with Gasteiger partial charge in [-0.25, -0.2) is 0 Å². The normalized spacial score (nSPS) is 12.3. The van der Waals surface area contributed by atoms with Crippen molar-refractivity contribution in [2.75, 3.05) is 0 Å². The lowest BCUT2D eigenvalue weighted by atomic mass is 10.2. The zero-order chi connectivity index (χ0) is 10.3. The first kappa shape index (κ1) is 9.85. The van der Waals surface area contributed by atoms with Gasteiger partial charge in [-0.2, -0.15) is 21.9 Å². The summed E-state index contributed by atoms with van der Waals surface area (Å²) in [5.74, 6) is 0. The predicted octanol–water partition coefficient (Wildman–Crippen LogP) is 3.47. The maximum absolute atomic E-state index is 12.4. The quantitative estimate of drug-likeness (QED) is 0.739. The summed E-state index contributed by atoms with van der Waals surface area (Å²) in [5.41, 5.74) is 0.0121. The van der Waals surface area contributed by atoms with E-state index in [1.54, 1.807) is 0 Å². The van der Waals surface area contributed by atoms with Crippen LogP contribution in [-0.4, -0.2) is 8.75 Å². The largest absolute Gasteiger partial charge is 0.417 e. The van der Waals surface area contributed by atoms with E-state index in [1.165, 1.54) is 6.07 Å². The molecule has 0 saturated carbocycles. The van der Waals surface area contributed by atoms with E-state index in [0.717, 1.165) is 17.8 Å². The van der Waals surface area contributed by atoms with Crippen LogP contribution in [0.1, 0.15) is 5.56 Å². The van der Waals surface area contributed by atoms with Gasteiger partial charge < -0.3 is 0 Å². The van der Waals surface area contributed by atoms with Crippen LogP contribution < -0.4 is 0 Å². The number of fused-ring (bicyclic) bond motifs is 1. The SMILES string of the molecule is FC(F)(F)c1cc2nsnc2cc1Br. The molecule has 0 saturated heterocycles. The van der Waals surface area contributed by atoms with E-state index in [9.17, 15) is 13.2 Å². The van der Waals surface area contributed by atoms with Crippen molar-refractivity contribution in [3.05, 3.63) is 22.2 Å². The lowest BCUT2D eigenvalue weighted by Gasteiger charge is -2.07. The van der Waals surface area contributed by atoms with Crippen LogP contribution in [0.3, 0.4) is 0 Å². The zero-order valence-corrected chi connectivity index (χ0v) is 8.87. The van der Waals surface area contributed by atoms with E-state index in [1.807, 2.05) is 0 Å². The van der Waals surface area contributed by atoms with Gasteiger partial charge in [-0.3, -0.25) is 0 Å². The summed E-state index contributed by atoms with van der Waals surface area (Å²) in [6, 6.07) is 2.31. The molecule has 14 heavy (non-hydrogen) atoms. The maximum atomic E-state index is 12.4. The Morgan fingerprint density at radius 2 is 1.71 bits per heavy atom. The standard InChI is InChI=1S/C7H2BrF3N2S/c8-4-2-6-5(12-14-13-6)1-3(4)7(9,10)11/h1-2H. The van der Waals surface area contributed by atoms with Gasteiger partial charge in [0, 0.05) is 4.47 Å². The van der Waals surface area contributed by atoms with Crippen LogP contribution in [0.5, 0.6) is 0 Å². The summed E-state index contributed by atoms with van der Waals surface area (Å²) in [6.45, 7) is 0. The fourth-order valence-corrected chi connectivity index (χ4v) is 2.09. The molecule has 0 amide bonds. The highest BCUT2D eigenvalue weighted by atomic mass is 79.9. The van der Waals surface area contributed by atoms with Crippen LogP contribution in [0.2, 0.25) is 0 Å². The molecule has 1 heterocycles. The number of hydrogen-bond donors (Lipinski definition) is 0. The summed E-state index contributed by atoms with van der Waals surface area (Å²) >= 11 is 3.75. The maximum Gasteiger partial charge on any atom is 0.417 e. The van der Waals surface area contributed by atoms with Gasteiger partial charge in [-0.05, 0) is 12.1 Å². The molecule has 2 nitrogen and oxygen atoms in total. The number of halogens is 4. The van der Waals surface area contributed by atoms with Crippen molar-refractivity contribution in [1.29, 1.82) is 0 Å². The molecule has 2 rings (SSSR count). The molecular formula is C7H2BrF3N2S. The van der Waals surface area contributed by atoms with E-state index in [4.69, 9.17) is 0 Å². The summed E-state index contributed by atoms with van der Waals surface area (Å²) in [4.78, 5) is 0. The second-order valence-corrected chi connectivity index (χ2v) is 3.97. The first-order valence-electron chi connectivity index (χ1n) is 3.47. The fourth-order valence-electron chi connectivity index (χ4n) is 1.02. The number of benzene rings is 1. The lowest BCUT2D eigenvalue weighted by molar-refractivity contribution is -0.138. The van der Waals surface area contributed by atoms with Crippen LogP contribution in [0.25, 0.3) is 11.0 Å². The molecule has 0 unspecified atom stereocenters. The van der Waals surface area contributed by atoms with Gasteiger partial charge in [0.1, 0.15) is 11.0 Å². The summed E-state index contributed by atoms with van der Waals surface area (Å²) in [6.07, 6.45) is -4.36. The number of rotatable bonds is 0. The average molecular weight is 283 g/mol. The van der Waals surface area contributed by atoms with Gasteiger partial charge in [0.25, 0.3) is 0 Å². The predicted molar refractivity (Wildman–Crippen MR) is 50.1 cm³/mol. The van der Waals surface area contributed by atoms with Crippen molar-refractivity contribution < 1.29 is 13.2 Å². The fraction of sp³-hybridized carbons (Fsp3) is 0.143. The highest BCUT2D eigenvalue weighted by Crippen LogP contribution is 2.36. The number of aromatic nitrogens is 2. The Balaban J connectivity index is 2.71. The molecule has 0 fully saturated rings. The van der Waals surface area contributed by atoms with Crippen molar-refractivity contribution in [3.8, 4) is 0 Å². The molecule has 2 aromatic rings. The summed E-state index contributed by atoms with van der Waals surface area (Å²) in [5, 5.41) is 0. The molecule has 0 atom stereocenters. The molecule has 74 valence electrons. The molecule has 7 heteroatoms. The Labute approximate surface area is 89.2 Å². The minimum absolute atomic E-state index is 0.00907. The highest BCUT2D eigenvalue weighted by Gasteiger charge is 2.33. The minimum atomic E-state index is -4.36. The van der Waals surface area contributed by atoms with E-state index < -0.39 is 11.7 Å². The Kier molecular flexibility index (Phi) is 2.23. The van der Waals surface area contributed by atoms with E-state index in [0.29, 0.717) is 5.52 Å². The molecule has 0 spiro atoms. The third kappa shape index (κ3) is 1.61. The molecule has 0 aliphatic heterocycles. The van der Waals surface area contributed by atoms with Crippen LogP contribution in [0.4, 0.5) is 13.2 Å². The van der Waals surface area contributed by atoms with Gasteiger partial charge in [-0.15, -0.1) is 0 Å². The van der Waals surface area contributed by atoms with E-state index in [-0.39, 0.29) is 9.99 Å². The summed E-state index contributed by atoms with van der Waals surface area (Å²) < 4.78 is 44.8. The van der Waals surface area contributed by atoms with Crippen LogP contribution in [0.15, 0.2) is 16.6 Å². The lowest BCUT2D eigenvalue weighted by Crippen LogP contribution is -2.05. The molecular weight excluding hydrogens is 281 g/mol. The molecule has 1 aromatic carbocycles. The summed E-state index contributed by atoms with van der Waals surface area (Å²) in [7, 11) is 0. The van der Waals surface area contributed by atoms with Crippen LogP contribution in [-0.2, 0) is 6.18 Å². The average Bonchev–Trinajstić information content (AvgIpc) is 2.47. The Bertz CT molecular complexity index is 479. The van der Waals surface area contributed by atoms with Gasteiger partial charge in [-0.1, -0.05) is 15.9 Å². The third-order valence-corrected chi connectivity index (χ3v) is 2.86. The number of nitrogens with zero attached hydrogens (tertiary/aromatic N) is 2. The molecule has 0 radical (unpaired) electrons. The van der Waals surface area contributed by atoms with Crippen molar-refractivity contribution in [3.63, 3.8) is 0 Å². The van der Waals surface area contributed by atoms with Crippen molar-refractivity contribution >= 4 is 38.7 Å². The van der Waals surface area contributed by atoms with Crippen molar-refractivity contribution in [2.45, 2.75) is 6.18 Å². The smallest absolute Gasteiger partial charge is 0.173 e. The second kappa shape index (κ2) is 3.16. The highest BCUT2D eigenvalue weighted by molar-refractivity contribution is 9.10. The molecule has 0 bridgehead atoms.